The van der Waals surface area contributed by atoms with Crippen molar-refractivity contribution in [3.63, 3.8) is 0 Å². The second-order valence-electron chi connectivity index (χ2n) is 5.11. The maximum Gasteiger partial charge on any atom is 0.422 e. The normalized spacial score (nSPS) is 12.3. The molecule has 0 N–H and O–H groups in total. The Bertz CT molecular complexity index is 623. The Kier molecular flexibility index (Phi) is 6.71. The number of carbonyl (C=O) groups is 1. The van der Waals surface area contributed by atoms with Gasteiger partial charge in [-0.05, 0) is 18.2 Å². The average Bonchev–Trinajstić information content (AvgIpc) is 2.47. The molecule has 0 heterocycles. The Balaban J connectivity index is 3.08. The van der Waals surface area contributed by atoms with Crippen molar-refractivity contribution in [2.75, 3.05) is 27.3 Å². The zero-order valence-corrected chi connectivity index (χ0v) is 13.2. The maximum absolute atomic E-state index is 12.3. The van der Waals surface area contributed by atoms with Crippen LogP contribution in [-0.2, 0) is 0 Å². The first-order chi connectivity index (χ1) is 11.4. The lowest BCUT2D eigenvalue weighted by Gasteiger charge is -2.14. The van der Waals surface area contributed by atoms with Gasteiger partial charge < -0.3 is 14.4 Å². The topological polar surface area (TPSA) is 38.8 Å². The molecular weight excluding hydrogens is 356 g/mol. The number of hydrogen-bond acceptors (Lipinski definition) is 4. The van der Waals surface area contributed by atoms with E-state index in [1.807, 2.05) is 0 Å². The van der Waals surface area contributed by atoms with Crippen LogP contribution in [0.4, 0.5) is 26.3 Å². The van der Waals surface area contributed by atoms with Crippen molar-refractivity contribution in [1.29, 1.82) is 0 Å². The SMILES string of the molecule is CN(C)C=CC(=O)c1cc(OCC(F)(F)F)ccc1OCC(F)(F)F. The summed E-state index contributed by atoms with van der Waals surface area (Å²) < 4.78 is 82.4. The lowest BCUT2D eigenvalue weighted by atomic mass is 10.1. The minimum atomic E-state index is -4.63. The molecule has 0 unspecified atom stereocenters. The molecule has 0 radical (unpaired) electrons. The third-order valence-corrected chi connectivity index (χ3v) is 2.53. The number of nitrogens with zero attached hydrogens (tertiary/aromatic N) is 1. The van der Waals surface area contributed by atoms with Crippen LogP contribution in [0.15, 0.2) is 30.5 Å². The summed E-state index contributed by atoms with van der Waals surface area (Å²) in [7, 11) is 3.21. The molecule has 0 saturated heterocycles. The van der Waals surface area contributed by atoms with Crippen LogP contribution in [0.25, 0.3) is 0 Å². The quantitative estimate of drug-likeness (QED) is 0.415. The summed E-state index contributed by atoms with van der Waals surface area (Å²) in [5, 5.41) is 0. The van der Waals surface area contributed by atoms with E-state index in [1.165, 1.54) is 11.1 Å². The highest BCUT2D eigenvalue weighted by molar-refractivity contribution is 6.06. The van der Waals surface area contributed by atoms with Crippen molar-refractivity contribution in [2.24, 2.45) is 0 Å². The summed E-state index contributed by atoms with van der Waals surface area (Å²) in [6, 6.07) is 2.85. The van der Waals surface area contributed by atoms with E-state index in [2.05, 4.69) is 9.47 Å². The van der Waals surface area contributed by atoms with Crippen LogP contribution in [0.5, 0.6) is 11.5 Å². The van der Waals surface area contributed by atoms with Gasteiger partial charge in [0.1, 0.15) is 11.5 Å². The lowest BCUT2D eigenvalue weighted by Crippen LogP contribution is -2.21. The van der Waals surface area contributed by atoms with Crippen molar-refractivity contribution in [3.05, 3.63) is 36.0 Å². The van der Waals surface area contributed by atoms with Gasteiger partial charge in [-0.1, -0.05) is 0 Å². The number of hydrogen-bond donors (Lipinski definition) is 0. The fourth-order valence-electron chi connectivity index (χ4n) is 1.55. The van der Waals surface area contributed by atoms with Crippen LogP contribution in [0, 0.1) is 0 Å². The molecule has 0 spiro atoms. The molecule has 140 valence electrons. The van der Waals surface area contributed by atoms with Crippen molar-refractivity contribution < 1.29 is 40.6 Å². The van der Waals surface area contributed by atoms with Gasteiger partial charge in [0.05, 0.1) is 5.56 Å². The predicted octanol–water partition coefficient (Wildman–Crippen LogP) is 3.83. The molecule has 25 heavy (non-hydrogen) atoms. The number of carbonyl (C=O) groups excluding carboxylic acids is 1. The predicted molar refractivity (Wildman–Crippen MR) is 76.7 cm³/mol. The van der Waals surface area contributed by atoms with Gasteiger partial charge in [0.2, 0.25) is 0 Å². The zero-order chi connectivity index (χ0) is 19.3. The smallest absolute Gasteiger partial charge is 0.422 e. The molecule has 0 atom stereocenters. The average molecular weight is 371 g/mol. The second kappa shape index (κ2) is 8.13. The Morgan fingerprint density at radius 3 is 2.12 bits per heavy atom. The standard InChI is InChI=1S/C15H15F6NO3/c1-22(2)6-5-12(23)11-7-10(24-8-14(16,17)18)3-4-13(11)25-9-15(19,20)21/h3-7H,8-9H2,1-2H3. The van der Waals surface area contributed by atoms with Crippen molar-refractivity contribution in [1.82, 2.24) is 4.90 Å². The molecule has 0 aliphatic rings. The fourth-order valence-corrected chi connectivity index (χ4v) is 1.55. The Morgan fingerprint density at radius 2 is 1.60 bits per heavy atom. The molecule has 4 nitrogen and oxygen atoms in total. The molecule has 0 aliphatic carbocycles. The molecule has 0 amide bonds. The first-order valence-corrected chi connectivity index (χ1v) is 6.79. The van der Waals surface area contributed by atoms with E-state index in [0.29, 0.717) is 0 Å². The van der Waals surface area contributed by atoms with Crippen molar-refractivity contribution in [3.8, 4) is 11.5 Å². The van der Waals surface area contributed by atoms with Gasteiger partial charge in [0.25, 0.3) is 0 Å². The summed E-state index contributed by atoms with van der Waals surface area (Å²) in [6.07, 6.45) is -6.85. The van der Waals surface area contributed by atoms with Gasteiger partial charge in [-0.15, -0.1) is 0 Å². The summed E-state index contributed by atoms with van der Waals surface area (Å²) in [5.41, 5.74) is -0.345. The summed E-state index contributed by atoms with van der Waals surface area (Å²) >= 11 is 0. The molecule has 0 aliphatic heterocycles. The molecule has 0 fully saturated rings. The van der Waals surface area contributed by atoms with E-state index >= 15 is 0 Å². The summed E-state index contributed by atoms with van der Waals surface area (Å²) in [4.78, 5) is 13.6. The molecule has 0 bridgehead atoms. The molecule has 1 rings (SSSR count). The number of ketones is 1. The van der Waals surface area contributed by atoms with Crippen LogP contribution >= 0.6 is 0 Å². The van der Waals surface area contributed by atoms with Gasteiger partial charge in [-0.2, -0.15) is 26.3 Å². The van der Waals surface area contributed by atoms with Crippen LogP contribution in [0.1, 0.15) is 10.4 Å². The summed E-state index contributed by atoms with van der Waals surface area (Å²) in [6.45, 7) is -3.25. The van der Waals surface area contributed by atoms with Crippen molar-refractivity contribution >= 4 is 5.78 Å². The molecule has 1 aromatic carbocycles. The Labute approximate surface area is 139 Å². The largest absolute Gasteiger partial charge is 0.484 e. The van der Waals surface area contributed by atoms with Crippen LogP contribution in [-0.4, -0.2) is 50.3 Å². The van der Waals surface area contributed by atoms with E-state index in [1.54, 1.807) is 14.1 Å². The van der Waals surface area contributed by atoms with Gasteiger partial charge >= 0.3 is 12.4 Å². The highest BCUT2D eigenvalue weighted by Crippen LogP contribution is 2.28. The zero-order valence-electron chi connectivity index (χ0n) is 13.2. The lowest BCUT2D eigenvalue weighted by molar-refractivity contribution is -0.154. The molecular formula is C15H15F6NO3. The molecule has 0 aromatic heterocycles. The number of rotatable bonds is 7. The van der Waals surface area contributed by atoms with Gasteiger partial charge in [-0.3, -0.25) is 4.79 Å². The summed E-state index contributed by atoms with van der Waals surface area (Å²) in [5.74, 6) is -1.48. The van der Waals surface area contributed by atoms with Crippen LogP contribution in [0.2, 0.25) is 0 Å². The number of benzene rings is 1. The number of alkyl halides is 6. The number of allylic oxidation sites excluding steroid dienone is 1. The van der Waals surface area contributed by atoms with E-state index in [9.17, 15) is 31.1 Å². The Morgan fingerprint density at radius 1 is 1.04 bits per heavy atom. The minimum Gasteiger partial charge on any atom is -0.484 e. The monoisotopic (exact) mass is 371 g/mol. The fraction of sp³-hybridized carbons (Fsp3) is 0.400. The maximum atomic E-state index is 12.3. The third-order valence-electron chi connectivity index (χ3n) is 2.53. The third kappa shape index (κ3) is 8.32. The Hall–Kier alpha value is -2.39. The van der Waals surface area contributed by atoms with Crippen molar-refractivity contribution in [2.45, 2.75) is 12.4 Å². The minimum absolute atomic E-state index is 0.321. The van der Waals surface area contributed by atoms with Crippen LogP contribution in [0.3, 0.4) is 0 Å². The number of halogens is 6. The van der Waals surface area contributed by atoms with E-state index < -0.39 is 37.1 Å². The first-order valence-electron chi connectivity index (χ1n) is 6.79. The molecule has 10 heteroatoms. The van der Waals surface area contributed by atoms with E-state index in [-0.39, 0.29) is 11.3 Å². The second-order valence-corrected chi connectivity index (χ2v) is 5.11. The van der Waals surface area contributed by atoms with E-state index in [4.69, 9.17) is 0 Å². The van der Waals surface area contributed by atoms with Gasteiger partial charge in [-0.25, -0.2) is 0 Å². The van der Waals surface area contributed by atoms with Gasteiger partial charge in [0, 0.05) is 26.4 Å². The van der Waals surface area contributed by atoms with Crippen LogP contribution < -0.4 is 9.47 Å². The highest BCUT2D eigenvalue weighted by Gasteiger charge is 2.30. The van der Waals surface area contributed by atoms with E-state index in [0.717, 1.165) is 24.3 Å². The number of ether oxygens (including phenoxy) is 2. The first kappa shape index (κ1) is 20.7. The highest BCUT2D eigenvalue weighted by atomic mass is 19.4. The molecule has 0 saturated carbocycles. The molecule has 1 aromatic rings. The van der Waals surface area contributed by atoms with Gasteiger partial charge in [0.15, 0.2) is 19.0 Å².